The van der Waals surface area contributed by atoms with E-state index in [0.717, 1.165) is 26.9 Å². The van der Waals surface area contributed by atoms with Crippen LogP contribution in [0.5, 0.6) is 5.75 Å². The molecule has 0 radical (unpaired) electrons. The van der Waals surface area contributed by atoms with E-state index in [9.17, 15) is 0 Å². The summed E-state index contributed by atoms with van der Waals surface area (Å²) in [6, 6.07) is 3.97. The van der Waals surface area contributed by atoms with Crippen molar-refractivity contribution < 1.29 is 4.74 Å². The SMILES string of the molecule is COc1cc(NCC(C)C)c(Br)cc1Br. The molecule has 0 saturated heterocycles. The lowest BCUT2D eigenvalue weighted by molar-refractivity contribution is 0.412. The van der Waals surface area contributed by atoms with Gasteiger partial charge in [-0.3, -0.25) is 0 Å². The van der Waals surface area contributed by atoms with Gasteiger partial charge >= 0.3 is 0 Å². The minimum absolute atomic E-state index is 0.617. The van der Waals surface area contributed by atoms with Gasteiger partial charge in [0.15, 0.2) is 0 Å². The van der Waals surface area contributed by atoms with Crippen molar-refractivity contribution in [3.63, 3.8) is 0 Å². The van der Waals surface area contributed by atoms with Gasteiger partial charge < -0.3 is 10.1 Å². The average molecular weight is 337 g/mol. The predicted octanol–water partition coefficient (Wildman–Crippen LogP) is 4.29. The van der Waals surface area contributed by atoms with Gasteiger partial charge in [-0.15, -0.1) is 0 Å². The Labute approximate surface area is 108 Å². The summed E-state index contributed by atoms with van der Waals surface area (Å²) in [6.07, 6.45) is 0. The second-order valence-electron chi connectivity index (χ2n) is 3.74. The fourth-order valence-corrected chi connectivity index (χ4v) is 2.43. The summed E-state index contributed by atoms with van der Waals surface area (Å²) in [5.74, 6) is 1.45. The van der Waals surface area contributed by atoms with Crippen molar-refractivity contribution >= 4 is 37.5 Å². The minimum Gasteiger partial charge on any atom is -0.495 e. The molecule has 0 unspecified atom stereocenters. The van der Waals surface area contributed by atoms with E-state index in [4.69, 9.17) is 4.74 Å². The molecule has 1 rings (SSSR count). The molecule has 1 aromatic rings. The quantitative estimate of drug-likeness (QED) is 0.885. The second-order valence-corrected chi connectivity index (χ2v) is 5.45. The first-order valence-electron chi connectivity index (χ1n) is 4.81. The van der Waals surface area contributed by atoms with E-state index in [0.29, 0.717) is 5.92 Å². The molecule has 84 valence electrons. The number of hydrogen-bond donors (Lipinski definition) is 1. The lowest BCUT2D eigenvalue weighted by Crippen LogP contribution is -2.08. The van der Waals surface area contributed by atoms with Crippen molar-refractivity contribution in [1.82, 2.24) is 0 Å². The summed E-state index contributed by atoms with van der Waals surface area (Å²) in [4.78, 5) is 0. The van der Waals surface area contributed by atoms with Crippen molar-refractivity contribution in [3.05, 3.63) is 21.1 Å². The first-order chi connectivity index (χ1) is 7.04. The molecule has 0 aliphatic carbocycles. The molecule has 2 nitrogen and oxygen atoms in total. The first-order valence-corrected chi connectivity index (χ1v) is 6.40. The van der Waals surface area contributed by atoms with Crippen LogP contribution in [0.4, 0.5) is 5.69 Å². The van der Waals surface area contributed by atoms with Crippen molar-refractivity contribution in [2.24, 2.45) is 5.92 Å². The van der Waals surface area contributed by atoms with E-state index in [1.54, 1.807) is 7.11 Å². The molecule has 0 amide bonds. The van der Waals surface area contributed by atoms with Crippen LogP contribution in [0.15, 0.2) is 21.1 Å². The van der Waals surface area contributed by atoms with Crippen LogP contribution < -0.4 is 10.1 Å². The number of rotatable bonds is 4. The number of halogens is 2. The first kappa shape index (κ1) is 12.8. The van der Waals surface area contributed by atoms with Crippen LogP contribution in [0.25, 0.3) is 0 Å². The molecule has 0 fully saturated rings. The summed E-state index contributed by atoms with van der Waals surface area (Å²) in [7, 11) is 1.67. The Kier molecular flexibility index (Phi) is 4.93. The summed E-state index contributed by atoms with van der Waals surface area (Å²) < 4.78 is 7.23. The lowest BCUT2D eigenvalue weighted by atomic mass is 10.2. The van der Waals surface area contributed by atoms with Crippen molar-refractivity contribution in [1.29, 1.82) is 0 Å². The van der Waals surface area contributed by atoms with Gasteiger partial charge in [-0.05, 0) is 43.8 Å². The Morgan fingerprint density at radius 3 is 2.47 bits per heavy atom. The van der Waals surface area contributed by atoms with E-state index < -0.39 is 0 Å². The van der Waals surface area contributed by atoms with Gasteiger partial charge in [-0.2, -0.15) is 0 Å². The molecule has 4 heteroatoms. The maximum atomic E-state index is 5.24. The molecular weight excluding hydrogens is 322 g/mol. The molecule has 1 N–H and O–H groups in total. The highest BCUT2D eigenvalue weighted by Crippen LogP contribution is 2.34. The molecule has 1 aromatic carbocycles. The molecule has 0 aromatic heterocycles. The van der Waals surface area contributed by atoms with E-state index in [-0.39, 0.29) is 0 Å². The van der Waals surface area contributed by atoms with E-state index in [1.807, 2.05) is 12.1 Å². The smallest absolute Gasteiger partial charge is 0.135 e. The number of nitrogens with one attached hydrogen (secondary N) is 1. The zero-order chi connectivity index (χ0) is 11.4. The van der Waals surface area contributed by atoms with Gasteiger partial charge in [0.1, 0.15) is 5.75 Å². The van der Waals surface area contributed by atoms with E-state index in [1.165, 1.54) is 0 Å². The zero-order valence-electron chi connectivity index (χ0n) is 9.10. The van der Waals surface area contributed by atoms with Gasteiger partial charge in [-0.1, -0.05) is 13.8 Å². The van der Waals surface area contributed by atoms with Crippen LogP contribution in [0, 0.1) is 5.92 Å². The maximum absolute atomic E-state index is 5.24. The summed E-state index contributed by atoms with van der Waals surface area (Å²) >= 11 is 6.95. The Bertz CT molecular complexity index is 340. The highest BCUT2D eigenvalue weighted by atomic mass is 79.9. The topological polar surface area (TPSA) is 21.3 Å². The molecule has 0 atom stereocenters. The maximum Gasteiger partial charge on any atom is 0.135 e. The van der Waals surface area contributed by atoms with Gasteiger partial charge in [0.05, 0.1) is 17.3 Å². The highest BCUT2D eigenvalue weighted by Gasteiger charge is 2.06. The number of ether oxygens (including phenoxy) is 1. The van der Waals surface area contributed by atoms with E-state index >= 15 is 0 Å². The fraction of sp³-hybridized carbons (Fsp3) is 0.455. The fourth-order valence-electron chi connectivity index (χ4n) is 1.14. The molecule has 0 heterocycles. The van der Waals surface area contributed by atoms with Crippen LogP contribution in [0.1, 0.15) is 13.8 Å². The van der Waals surface area contributed by atoms with Gasteiger partial charge in [0.2, 0.25) is 0 Å². The van der Waals surface area contributed by atoms with Gasteiger partial charge in [-0.25, -0.2) is 0 Å². The van der Waals surface area contributed by atoms with Crippen LogP contribution >= 0.6 is 31.9 Å². The molecule has 0 bridgehead atoms. The number of anilines is 1. The minimum atomic E-state index is 0.617. The predicted molar refractivity (Wildman–Crippen MR) is 71.7 cm³/mol. The zero-order valence-corrected chi connectivity index (χ0v) is 12.3. The second kappa shape index (κ2) is 5.75. The largest absolute Gasteiger partial charge is 0.495 e. The van der Waals surface area contributed by atoms with E-state index in [2.05, 4.69) is 51.0 Å². The van der Waals surface area contributed by atoms with Crippen molar-refractivity contribution in [2.45, 2.75) is 13.8 Å². The molecule has 0 spiro atoms. The third kappa shape index (κ3) is 3.68. The standard InChI is InChI=1S/C11H15Br2NO/c1-7(2)6-14-10-5-11(15-3)9(13)4-8(10)12/h4-5,7,14H,6H2,1-3H3. The summed E-state index contributed by atoms with van der Waals surface area (Å²) in [5, 5.41) is 3.37. The lowest BCUT2D eigenvalue weighted by Gasteiger charge is -2.13. The van der Waals surface area contributed by atoms with Crippen LogP contribution in [-0.2, 0) is 0 Å². The number of hydrogen-bond acceptors (Lipinski definition) is 2. The van der Waals surface area contributed by atoms with Crippen LogP contribution in [-0.4, -0.2) is 13.7 Å². The monoisotopic (exact) mass is 335 g/mol. The van der Waals surface area contributed by atoms with Crippen LogP contribution in [0.3, 0.4) is 0 Å². The third-order valence-electron chi connectivity index (χ3n) is 1.94. The normalized spacial score (nSPS) is 10.5. The van der Waals surface area contributed by atoms with Crippen molar-refractivity contribution in [2.75, 3.05) is 19.0 Å². The number of methoxy groups -OCH3 is 1. The molecule has 0 aliphatic rings. The Morgan fingerprint density at radius 2 is 1.93 bits per heavy atom. The summed E-state index contributed by atoms with van der Waals surface area (Å²) in [5.41, 5.74) is 1.06. The van der Waals surface area contributed by atoms with Crippen molar-refractivity contribution in [3.8, 4) is 5.75 Å². The molecular formula is C11H15Br2NO. The van der Waals surface area contributed by atoms with Gasteiger partial charge in [0.25, 0.3) is 0 Å². The Morgan fingerprint density at radius 1 is 1.27 bits per heavy atom. The Hall–Kier alpha value is -0.220. The third-order valence-corrected chi connectivity index (χ3v) is 3.22. The molecule has 0 aliphatic heterocycles. The van der Waals surface area contributed by atoms with Gasteiger partial charge in [0, 0.05) is 17.1 Å². The molecule has 15 heavy (non-hydrogen) atoms. The highest BCUT2D eigenvalue weighted by molar-refractivity contribution is 9.11. The van der Waals surface area contributed by atoms with Crippen LogP contribution in [0.2, 0.25) is 0 Å². The summed E-state index contributed by atoms with van der Waals surface area (Å²) in [6.45, 7) is 5.30. The average Bonchev–Trinajstić information content (AvgIpc) is 2.16. The Balaban J connectivity index is 2.87. The molecule has 0 saturated carbocycles. The number of benzene rings is 1.